The molecule has 4 heterocycles. The summed E-state index contributed by atoms with van der Waals surface area (Å²) in [4.78, 5) is 11.3. The molecular weight excluding hydrogens is 350 g/mol. The van der Waals surface area contributed by atoms with Crippen molar-refractivity contribution in [3.63, 3.8) is 0 Å². The summed E-state index contributed by atoms with van der Waals surface area (Å²) in [6.07, 6.45) is 6.87. The lowest BCUT2D eigenvalue weighted by Gasteiger charge is -2.32. The molecule has 0 amide bonds. The topological polar surface area (TPSA) is 56.1 Å². The quantitative estimate of drug-likeness (QED) is 0.644. The fraction of sp³-hybridized carbons (Fsp3) is 0.421. The van der Waals surface area contributed by atoms with E-state index in [4.69, 9.17) is 16.3 Å². The van der Waals surface area contributed by atoms with Crippen LogP contribution in [0.25, 0.3) is 22.2 Å². The lowest BCUT2D eigenvalue weighted by Crippen LogP contribution is -2.42. The summed E-state index contributed by atoms with van der Waals surface area (Å²) in [5.41, 5.74) is 3.67. The highest BCUT2D eigenvalue weighted by molar-refractivity contribution is 6.29. The molecule has 3 aromatic heterocycles. The van der Waals surface area contributed by atoms with E-state index in [2.05, 4.69) is 33.1 Å². The Morgan fingerprint density at radius 1 is 1.15 bits per heavy atom. The third-order valence-corrected chi connectivity index (χ3v) is 5.13. The van der Waals surface area contributed by atoms with Gasteiger partial charge in [0.25, 0.3) is 0 Å². The van der Waals surface area contributed by atoms with Crippen LogP contribution in [-0.4, -0.2) is 57.0 Å². The lowest BCUT2D eigenvalue weighted by atomic mass is 10.1. The Labute approximate surface area is 157 Å². The number of nitrogens with zero attached hydrogens (tertiary/aromatic N) is 5. The van der Waals surface area contributed by atoms with Crippen molar-refractivity contribution in [2.75, 3.05) is 26.3 Å². The second-order valence-electron chi connectivity index (χ2n) is 6.67. The number of hydrogen-bond acceptors (Lipinski definition) is 5. The number of aromatic nitrogens is 4. The van der Waals surface area contributed by atoms with Crippen LogP contribution in [-0.2, 0) is 11.3 Å². The lowest BCUT2D eigenvalue weighted by molar-refractivity contribution is 0.0177. The van der Waals surface area contributed by atoms with Crippen LogP contribution < -0.4 is 0 Å². The van der Waals surface area contributed by atoms with E-state index in [9.17, 15) is 0 Å². The van der Waals surface area contributed by atoms with Crippen LogP contribution >= 0.6 is 11.6 Å². The summed E-state index contributed by atoms with van der Waals surface area (Å²) >= 11 is 5.99. The van der Waals surface area contributed by atoms with Crippen molar-refractivity contribution in [1.82, 2.24) is 24.6 Å². The summed E-state index contributed by atoms with van der Waals surface area (Å²) < 4.78 is 7.43. The average molecular weight is 372 g/mol. The Morgan fingerprint density at radius 3 is 2.85 bits per heavy atom. The molecule has 0 radical (unpaired) electrons. The Balaban J connectivity index is 1.44. The zero-order valence-electron chi connectivity index (χ0n) is 14.8. The van der Waals surface area contributed by atoms with Gasteiger partial charge in [-0.2, -0.15) is 5.10 Å². The SMILES string of the molecule is CC(CCn1cc(-c2cnc3ccc(Cl)nc3c2)cn1)N1CCOCC1. The summed E-state index contributed by atoms with van der Waals surface area (Å²) in [6.45, 7) is 6.88. The minimum absolute atomic E-state index is 0.476. The van der Waals surface area contributed by atoms with Gasteiger partial charge in [-0.3, -0.25) is 14.6 Å². The molecule has 1 fully saturated rings. The van der Waals surface area contributed by atoms with Crippen molar-refractivity contribution in [2.45, 2.75) is 25.9 Å². The number of halogens is 1. The molecule has 136 valence electrons. The van der Waals surface area contributed by atoms with Gasteiger partial charge in [0, 0.05) is 49.2 Å². The zero-order chi connectivity index (χ0) is 17.9. The molecule has 3 aromatic rings. The average Bonchev–Trinajstić information content (AvgIpc) is 3.15. The van der Waals surface area contributed by atoms with Gasteiger partial charge >= 0.3 is 0 Å². The summed E-state index contributed by atoms with van der Waals surface area (Å²) in [5.74, 6) is 0. The minimum atomic E-state index is 0.476. The number of pyridine rings is 2. The predicted molar refractivity (Wildman–Crippen MR) is 102 cm³/mol. The number of morpholine rings is 1. The predicted octanol–water partition coefficient (Wildman–Crippen LogP) is 3.26. The molecule has 0 bridgehead atoms. The number of fused-ring (bicyclic) bond motifs is 1. The molecule has 1 unspecified atom stereocenters. The van der Waals surface area contributed by atoms with Gasteiger partial charge in [0.05, 0.1) is 30.4 Å². The van der Waals surface area contributed by atoms with Gasteiger partial charge in [0.15, 0.2) is 0 Å². The Morgan fingerprint density at radius 2 is 2.00 bits per heavy atom. The van der Waals surface area contributed by atoms with Gasteiger partial charge < -0.3 is 4.74 Å². The molecule has 0 aromatic carbocycles. The highest BCUT2D eigenvalue weighted by atomic mass is 35.5. The molecule has 1 atom stereocenters. The van der Waals surface area contributed by atoms with Gasteiger partial charge in [0.2, 0.25) is 0 Å². The van der Waals surface area contributed by atoms with Crippen molar-refractivity contribution in [3.8, 4) is 11.1 Å². The molecule has 1 aliphatic rings. The van der Waals surface area contributed by atoms with E-state index in [0.717, 1.165) is 61.4 Å². The number of hydrogen-bond donors (Lipinski definition) is 0. The van der Waals surface area contributed by atoms with Crippen molar-refractivity contribution in [2.24, 2.45) is 0 Å². The fourth-order valence-electron chi connectivity index (χ4n) is 3.29. The Kier molecular flexibility index (Phi) is 5.15. The molecule has 1 saturated heterocycles. The molecule has 0 spiro atoms. The van der Waals surface area contributed by atoms with E-state index < -0.39 is 0 Å². The molecule has 0 saturated carbocycles. The first-order valence-corrected chi connectivity index (χ1v) is 9.34. The normalized spacial score (nSPS) is 16.8. The third-order valence-electron chi connectivity index (χ3n) is 4.91. The van der Waals surface area contributed by atoms with E-state index in [1.807, 2.05) is 29.2 Å². The van der Waals surface area contributed by atoms with Crippen LogP contribution in [0.3, 0.4) is 0 Å². The number of aryl methyl sites for hydroxylation is 1. The number of ether oxygens (including phenoxy) is 1. The molecule has 1 aliphatic heterocycles. The van der Waals surface area contributed by atoms with Gasteiger partial charge in [0.1, 0.15) is 5.15 Å². The smallest absolute Gasteiger partial charge is 0.129 e. The van der Waals surface area contributed by atoms with Gasteiger partial charge in [-0.15, -0.1) is 0 Å². The van der Waals surface area contributed by atoms with Gasteiger partial charge in [-0.1, -0.05) is 11.6 Å². The highest BCUT2D eigenvalue weighted by Crippen LogP contribution is 2.22. The van der Waals surface area contributed by atoms with Crippen molar-refractivity contribution >= 4 is 22.6 Å². The minimum Gasteiger partial charge on any atom is -0.379 e. The van der Waals surface area contributed by atoms with Crippen molar-refractivity contribution < 1.29 is 4.74 Å². The van der Waals surface area contributed by atoms with Crippen molar-refractivity contribution in [1.29, 1.82) is 0 Å². The summed E-state index contributed by atoms with van der Waals surface area (Å²) in [6, 6.07) is 6.17. The molecule has 0 aliphatic carbocycles. The maximum atomic E-state index is 5.99. The maximum Gasteiger partial charge on any atom is 0.129 e. The monoisotopic (exact) mass is 371 g/mol. The Hall–Kier alpha value is -2.02. The van der Waals surface area contributed by atoms with Gasteiger partial charge in [-0.05, 0) is 31.5 Å². The van der Waals surface area contributed by atoms with E-state index in [1.54, 1.807) is 6.07 Å². The van der Waals surface area contributed by atoms with E-state index in [1.165, 1.54) is 0 Å². The van der Waals surface area contributed by atoms with Crippen LogP contribution in [0.4, 0.5) is 0 Å². The molecule has 4 rings (SSSR count). The standard InChI is InChI=1S/C19H22ClN5O/c1-14(24-6-8-26-9-7-24)4-5-25-13-16(12-22-25)15-10-18-17(21-11-15)2-3-19(20)23-18/h2-3,10-14H,4-9H2,1H3. The van der Waals surface area contributed by atoms with Crippen LogP contribution in [0.2, 0.25) is 5.15 Å². The second-order valence-corrected chi connectivity index (χ2v) is 7.06. The molecular formula is C19H22ClN5O. The van der Waals surface area contributed by atoms with E-state index in [0.29, 0.717) is 11.2 Å². The highest BCUT2D eigenvalue weighted by Gasteiger charge is 2.17. The molecule has 26 heavy (non-hydrogen) atoms. The first-order valence-electron chi connectivity index (χ1n) is 8.96. The van der Waals surface area contributed by atoms with Gasteiger partial charge in [-0.25, -0.2) is 4.98 Å². The zero-order valence-corrected chi connectivity index (χ0v) is 15.6. The summed E-state index contributed by atoms with van der Waals surface area (Å²) in [7, 11) is 0. The third kappa shape index (κ3) is 3.87. The Bertz CT molecular complexity index is 891. The van der Waals surface area contributed by atoms with Crippen LogP contribution in [0.15, 0.2) is 36.8 Å². The van der Waals surface area contributed by atoms with E-state index in [-0.39, 0.29) is 0 Å². The van der Waals surface area contributed by atoms with E-state index >= 15 is 0 Å². The second kappa shape index (κ2) is 7.70. The molecule has 7 heteroatoms. The number of rotatable bonds is 5. The molecule has 6 nitrogen and oxygen atoms in total. The van der Waals surface area contributed by atoms with Crippen LogP contribution in [0.1, 0.15) is 13.3 Å². The van der Waals surface area contributed by atoms with Crippen LogP contribution in [0.5, 0.6) is 0 Å². The van der Waals surface area contributed by atoms with Crippen molar-refractivity contribution in [3.05, 3.63) is 41.9 Å². The summed E-state index contributed by atoms with van der Waals surface area (Å²) in [5, 5.41) is 4.98. The largest absolute Gasteiger partial charge is 0.379 e. The first kappa shape index (κ1) is 17.4. The maximum absolute atomic E-state index is 5.99. The first-order chi connectivity index (χ1) is 12.7. The van der Waals surface area contributed by atoms with Crippen LogP contribution in [0, 0.1) is 0 Å². The fourth-order valence-corrected chi connectivity index (χ4v) is 3.45. The molecule has 0 N–H and O–H groups in total.